The zero-order valence-electron chi connectivity index (χ0n) is 26.1. The molecule has 0 bridgehead atoms. The molecule has 0 radical (unpaired) electrons. The molecule has 7 aromatic carbocycles. The van der Waals surface area contributed by atoms with Crippen LogP contribution in [0.1, 0.15) is 45.1 Å². The second kappa shape index (κ2) is 10.4. The number of para-hydroxylation sites is 2. The normalized spacial score (nSPS) is 15.9. The maximum absolute atomic E-state index is 6.78. The summed E-state index contributed by atoms with van der Waals surface area (Å²) in [6.45, 7) is 0. The van der Waals surface area contributed by atoms with Crippen LogP contribution < -0.4 is 10.1 Å². The standard InChI is InChI=1S/C45H30N2O/c1-2-13-29(14-3-1)44-46-40-23-10-6-19-35(40)43(47-44)32-16-12-15-30(27-32)31-25-26-39-42(28-31)48-41-24-11-9-22-38(41)45(39)36-20-7-4-17-33(36)34-18-5-8-21-37(34)45/h1-28,44,46H. The first-order chi connectivity index (χ1) is 23.8. The summed E-state index contributed by atoms with van der Waals surface area (Å²) in [5, 5.41) is 3.64. The average molecular weight is 615 g/mol. The molecular weight excluding hydrogens is 585 g/mol. The summed E-state index contributed by atoms with van der Waals surface area (Å²) in [7, 11) is 0. The maximum Gasteiger partial charge on any atom is 0.145 e. The molecule has 1 aliphatic carbocycles. The van der Waals surface area contributed by atoms with Crippen molar-refractivity contribution >= 4 is 11.4 Å². The zero-order valence-corrected chi connectivity index (χ0v) is 26.1. The second-order valence-electron chi connectivity index (χ2n) is 12.7. The molecule has 2 heterocycles. The van der Waals surface area contributed by atoms with Gasteiger partial charge in [-0.1, -0.05) is 146 Å². The van der Waals surface area contributed by atoms with E-state index in [1.807, 2.05) is 6.07 Å². The summed E-state index contributed by atoms with van der Waals surface area (Å²) < 4.78 is 6.78. The van der Waals surface area contributed by atoms with Gasteiger partial charge in [0.2, 0.25) is 0 Å². The first-order valence-electron chi connectivity index (χ1n) is 16.5. The quantitative estimate of drug-likeness (QED) is 0.215. The third-order valence-electron chi connectivity index (χ3n) is 10.2. The van der Waals surface area contributed by atoms with Gasteiger partial charge in [-0.3, -0.25) is 4.99 Å². The summed E-state index contributed by atoms with van der Waals surface area (Å²) in [6, 6.07) is 60.6. The van der Waals surface area contributed by atoms with Crippen LogP contribution in [-0.4, -0.2) is 5.71 Å². The minimum Gasteiger partial charge on any atom is -0.457 e. The van der Waals surface area contributed by atoms with Crippen LogP contribution in [0.3, 0.4) is 0 Å². The lowest BCUT2D eigenvalue weighted by molar-refractivity contribution is 0.436. The topological polar surface area (TPSA) is 33.6 Å². The third-order valence-corrected chi connectivity index (χ3v) is 10.2. The van der Waals surface area contributed by atoms with E-state index in [9.17, 15) is 0 Å². The first kappa shape index (κ1) is 27.0. The summed E-state index contributed by atoms with van der Waals surface area (Å²) in [4.78, 5) is 5.27. The van der Waals surface area contributed by atoms with Gasteiger partial charge in [-0.15, -0.1) is 0 Å². The lowest BCUT2D eigenvalue weighted by atomic mass is 9.66. The summed E-state index contributed by atoms with van der Waals surface area (Å²) in [6.07, 6.45) is -0.162. The van der Waals surface area contributed by atoms with Crippen molar-refractivity contribution in [3.63, 3.8) is 0 Å². The van der Waals surface area contributed by atoms with Crippen molar-refractivity contribution in [3.05, 3.63) is 209 Å². The molecule has 2 aliphatic heterocycles. The van der Waals surface area contributed by atoms with Gasteiger partial charge in [0.05, 0.1) is 11.1 Å². The van der Waals surface area contributed by atoms with Crippen LogP contribution in [0.5, 0.6) is 11.5 Å². The van der Waals surface area contributed by atoms with E-state index < -0.39 is 5.41 Å². The molecular formula is C45H30N2O. The number of hydrogen-bond donors (Lipinski definition) is 1. The summed E-state index contributed by atoms with van der Waals surface area (Å²) in [5.41, 5.74) is 14.7. The Labute approximate surface area is 279 Å². The molecule has 7 aromatic rings. The van der Waals surface area contributed by atoms with Crippen LogP contribution in [0, 0.1) is 0 Å². The van der Waals surface area contributed by atoms with Gasteiger partial charge in [0.15, 0.2) is 0 Å². The number of nitrogens with zero attached hydrogens (tertiary/aromatic N) is 1. The third kappa shape index (κ3) is 3.85. The van der Waals surface area contributed by atoms with Gasteiger partial charge in [0, 0.05) is 27.9 Å². The van der Waals surface area contributed by atoms with Gasteiger partial charge in [-0.2, -0.15) is 0 Å². The average Bonchev–Trinajstić information content (AvgIpc) is 3.45. The molecule has 3 aliphatic rings. The van der Waals surface area contributed by atoms with E-state index in [1.54, 1.807) is 0 Å². The van der Waals surface area contributed by atoms with Crippen molar-refractivity contribution in [1.82, 2.24) is 0 Å². The number of rotatable bonds is 3. The Bertz CT molecular complexity index is 2380. The van der Waals surface area contributed by atoms with Crippen LogP contribution in [0.4, 0.5) is 5.69 Å². The highest BCUT2D eigenvalue weighted by molar-refractivity contribution is 6.17. The van der Waals surface area contributed by atoms with Crippen molar-refractivity contribution in [1.29, 1.82) is 0 Å². The van der Waals surface area contributed by atoms with Gasteiger partial charge in [0.25, 0.3) is 0 Å². The lowest BCUT2D eigenvalue weighted by Crippen LogP contribution is -2.32. The number of fused-ring (bicyclic) bond motifs is 10. The van der Waals surface area contributed by atoms with E-state index in [1.165, 1.54) is 33.4 Å². The molecule has 0 saturated carbocycles. The number of nitrogens with one attached hydrogen (secondary N) is 1. The van der Waals surface area contributed by atoms with Crippen LogP contribution in [0.2, 0.25) is 0 Å². The largest absolute Gasteiger partial charge is 0.457 e. The Hall–Kier alpha value is -6.19. The molecule has 1 unspecified atom stereocenters. The van der Waals surface area contributed by atoms with Gasteiger partial charge in [0.1, 0.15) is 17.7 Å². The predicted octanol–water partition coefficient (Wildman–Crippen LogP) is 10.8. The highest BCUT2D eigenvalue weighted by Gasteiger charge is 2.50. The SMILES string of the molecule is c1ccc(C2N=C(c3cccc(-c4ccc5c(c4)Oc4ccccc4C54c5ccccc5-c5ccccc54)c3)c3ccccc3N2)cc1. The molecule has 1 spiro atoms. The minimum absolute atomic E-state index is 0.162. The fourth-order valence-electron chi connectivity index (χ4n) is 8.10. The monoisotopic (exact) mass is 614 g/mol. The van der Waals surface area contributed by atoms with Crippen LogP contribution in [0.25, 0.3) is 22.3 Å². The molecule has 10 rings (SSSR count). The number of ether oxygens (including phenoxy) is 1. The van der Waals surface area contributed by atoms with Crippen LogP contribution >= 0.6 is 0 Å². The predicted molar refractivity (Wildman–Crippen MR) is 194 cm³/mol. The van der Waals surface area contributed by atoms with E-state index in [0.717, 1.165) is 50.7 Å². The molecule has 3 heteroatoms. The molecule has 0 amide bonds. The minimum atomic E-state index is -0.461. The second-order valence-corrected chi connectivity index (χ2v) is 12.7. The van der Waals surface area contributed by atoms with E-state index in [2.05, 4.69) is 169 Å². The van der Waals surface area contributed by atoms with Crippen LogP contribution in [-0.2, 0) is 5.41 Å². The molecule has 1 N–H and O–H groups in total. The fraction of sp³-hybridized carbons (Fsp3) is 0.0444. The Morgan fingerprint density at radius 3 is 1.85 bits per heavy atom. The Kier molecular flexibility index (Phi) is 5.85. The van der Waals surface area contributed by atoms with E-state index in [-0.39, 0.29) is 6.17 Å². The van der Waals surface area contributed by atoms with Crippen molar-refractivity contribution in [2.45, 2.75) is 11.6 Å². The molecule has 226 valence electrons. The van der Waals surface area contributed by atoms with E-state index in [4.69, 9.17) is 9.73 Å². The van der Waals surface area contributed by atoms with Gasteiger partial charge in [-0.05, 0) is 63.2 Å². The van der Waals surface area contributed by atoms with Crippen LogP contribution in [0.15, 0.2) is 175 Å². The van der Waals surface area contributed by atoms with Crippen molar-refractivity contribution in [2.75, 3.05) is 5.32 Å². The Morgan fingerprint density at radius 1 is 0.458 bits per heavy atom. The fourth-order valence-corrected chi connectivity index (χ4v) is 8.10. The molecule has 0 saturated heterocycles. The van der Waals surface area contributed by atoms with Gasteiger partial charge >= 0.3 is 0 Å². The summed E-state index contributed by atoms with van der Waals surface area (Å²) in [5.74, 6) is 1.78. The highest BCUT2D eigenvalue weighted by Crippen LogP contribution is 2.62. The first-order valence-corrected chi connectivity index (χ1v) is 16.5. The van der Waals surface area contributed by atoms with Gasteiger partial charge < -0.3 is 10.1 Å². The van der Waals surface area contributed by atoms with Crippen molar-refractivity contribution < 1.29 is 4.74 Å². The number of benzene rings is 7. The Morgan fingerprint density at radius 2 is 1.06 bits per heavy atom. The molecule has 0 aromatic heterocycles. The van der Waals surface area contributed by atoms with E-state index in [0.29, 0.717) is 0 Å². The maximum atomic E-state index is 6.78. The lowest BCUT2D eigenvalue weighted by Gasteiger charge is -2.39. The molecule has 1 atom stereocenters. The zero-order chi connectivity index (χ0) is 31.7. The number of anilines is 1. The smallest absolute Gasteiger partial charge is 0.145 e. The molecule has 0 fully saturated rings. The van der Waals surface area contributed by atoms with Crippen molar-refractivity contribution in [2.24, 2.45) is 4.99 Å². The molecule has 3 nitrogen and oxygen atoms in total. The van der Waals surface area contributed by atoms with Gasteiger partial charge in [-0.25, -0.2) is 0 Å². The highest BCUT2D eigenvalue weighted by atomic mass is 16.5. The van der Waals surface area contributed by atoms with E-state index >= 15 is 0 Å². The Balaban J connectivity index is 1.13. The number of hydrogen-bond acceptors (Lipinski definition) is 3. The van der Waals surface area contributed by atoms with Crippen molar-refractivity contribution in [3.8, 4) is 33.8 Å². The molecule has 48 heavy (non-hydrogen) atoms. The number of aliphatic imine (C=N–C) groups is 1. The summed E-state index contributed by atoms with van der Waals surface area (Å²) >= 11 is 0.